The minimum absolute atomic E-state index is 0.0297. The van der Waals surface area contributed by atoms with Crippen LogP contribution < -0.4 is 10.6 Å². The van der Waals surface area contributed by atoms with E-state index in [9.17, 15) is 4.79 Å². The second kappa shape index (κ2) is 7.34. The first-order valence-electron chi connectivity index (χ1n) is 7.60. The highest BCUT2D eigenvalue weighted by Gasteiger charge is 2.35. The smallest absolute Gasteiger partial charge is 0.319 e. The molecule has 2 heterocycles. The van der Waals surface area contributed by atoms with Gasteiger partial charge in [-0.15, -0.1) is 11.3 Å². The number of carbonyl (C=O) groups excluding carboxylic acids is 1. The zero-order chi connectivity index (χ0) is 16.1. The fraction of sp³-hybridized carbons (Fsp3) is 0.353. The zero-order valence-electron chi connectivity index (χ0n) is 12.7. The summed E-state index contributed by atoms with van der Waals surface area (Å²) >= 11 is 7.67. The second-order valence-corrected chi connectivity index (χ2v) is 7.07. The lowest BCUT2D eigenvalue weighted by Crippen LogP contribution is -2.45. The van der Waals surface area contributed by atoms with Gasteiger partial charge in [0.2, 0.25) is 0 Å². The summed E-state index contributed by atoms with van der Waals surface area (Å²) < 4.78 is 5.50. The van der Waals surface area contributed by atoms with E-state index in [0.717, 1.165) is 26.1 Å². The monoisotopic (exact) mass is 350 g/mol. The Morgan fingerprint density at radius 3 is 2.78 bits per heavy atom. The summed E-state index contributed by atoms with van der Waals surface area (Å²) in [6.45, 7) is 2.06. The Morgan fingerprint density at radius 2 is 2.09 bits per heavy atom. The van der Waals surface area contributed by atoms with Gasteiger partial charge in [0.25, 0.3) is 0 Å². The lowest BCUT2D eigenvalue weighted by molar-refractivity contribution is 0.0521. The van der Waals surface area contributed by atoms with Crippen molar-refractivity contribution in [2.45, 2.75) is 18.3 Å². The van der Waals surface area contributed by atoms with Crippen LogP contribution >= 0.6 is 22.9 Å². The third kappa shape index (κ3) is 4.05. The number of halogens is 1. The molecule has 1 saturated heterocycles. The Bertz CT molecular complexity index is 654. The summed E-state index contributed by atoms with van der Waals surface area (Å²) in [5.74, 6) is 0. The highest BCUT2D eigenvalue weighted by atomic mass is 35.5. The van der Waals surface area contributed by atoms with Crippen LogP contribution in [0, 0.1) is 0 Å². The van der Waals surface area contributed by atoms with E-state index in [2.05, 4.69) is 28.1 Å². The number of rotatable bonds is 4. The molecule has 1 aliphatic heterocycles. The number of hydrogen-bond acceptors (Lipinski definition) is 3. The fourth-order valence-electron chi connectivity index (χ4n) is 2.84. The van der Waals surface area contributed by atoms with Gasteiger partial charge in [0.05, 0.1) is 0 Å². The molecule has 1 aromatic heterocycles. The molecule has 0 bridgehead atoms. The number of urea groups is 1. The lowest BCUT2D eigenvalue weighted by atomic mass is 9.78. The first kappa shape index (κ1) is 16.3. The number of nitrogens with one attached hydrogen (secondary N) is 2. The fourth-order valence-corrected chi connectivity index (χ4v) is 4.02. The molecule has 4 nitrogen and oxygen atoms in total. The van der Waals surface area contributed by atoms with Crippen molar-refractivity contribution >= 4 is 34.7 Å². The molecular formula is C17H19ClN2O2S. The predicted octanol–water partition coefficient (Wildman–Crippen LogP) is 4.27. The van der Waals surface area contributed by atoms with Gasteiger partial charge in [-0.05, 0) is 42.5 Å². The highest BCUT2D eigenvalue weighted by molar-refractivity contribution is 7.10. The standard InChI is InChI=1S/C17H19ClN2O2S/c18-13-3-1-4-14(11-13)20-16(21)19-12-17(6-8-22-9-7-17)15-5-2-10-23-15/h1-5,10-11H,6-9,12H2,(H2,19,20,21). The van der Waals surface area contributed by atoms with E-state index in [1.165, 1.54) is 4.88 Å². The number of benzene rings is 1. The number of thiophene rings is 1. The summed E-state index contributed by atoms with van der Waals surface area (Å²) in [4.78, 5) is 13.5. The second-order valence-electron chi connectivity index (χ2n) is 5.69. The number of carbonyl (C=O) groups is 1. The van der Waals surface area contributed by atoms with Crippen LogP contribution in [0.25, 0.3) is 0 Å². The molecule has 6 heteroatoms. The Kier molecular flexibility index (Phi) is 5.20. The molecule has 0 spiro atoms. The van der Waals surface area contributed by atoms with Crippen LogP contribution in [-0.2, 0) is 10.2 Å². The molecule has 0 atom stereocenters. The quantitative estimate of drug-likeness (QED) is 0.865. The largest absolute Gasteiger partial charge is 0.381 e. The van der Waals surface area contributed by atoms with Gasteiger partial charge in [-0.3, -0.25) is 0 Å². The molecule has 1 aliphatic rings. The van der Waals surface area contributed by atoms with E-state index in [1.54, 1.807) is 23.5 Å². The normalized spacial score (nSPS) is 16.7. The maximum absolute atomic E-state index is 12.2. The van der Waals surface area contributed by atoms with Gasteiger partial charge in [0.1, 0.15) is 0 Å². The molecule has 0 radical (unpaired) electrons. The van der Waals surface area contributed by atoms with E-state index in [4.69, 9.17) is 16.3 Å². The maximum Gasteiger partial charge on any atom is 0.319 e. The summed E-state index contributed by atoms with van der Waals surface area (Å²) in [5, 5.41) is 8.51. The van der Waals surface area contributed by atoms with Crippen molar-refractivity contribution in [1.29, 1.82) is 0 Å². The molecule has 122 valence electrons. The van der Waals surface area contributed by atoms with Crippen molar-refractivity contribution in [1.82, 2.24) is 5.32 Å². The third-order valence-corrected chi connectivity index (χ3v) is 5.51. The van der Waals surface area contributed by atoms with Gasteiger partial charge >= 0.3 is 6.03 Å². The molecule has 1 fully saturated rings. The molecule has 2 N–H and O–H groups in total. The van der Waals surface area contributed by atoms with E-state index < -0.39 is 0 Å². The van der Waals surface area contributed by atoms with E-state index in [1.807, 2.05) is 12.1 Å². The van der Waals surface area contributed by atoms with E-state index in [0.29, 0.717) is 17.3 Å². The van der Waals surface area contributed by atoms with Gasteiger partial charge in [-0.25, -0.2) is 4.79 Å². The lowest BCUT2D eigenvalue weighted by Gasteiger charge is -2.36. The SMILES string of the molecule is O=C(NCC1(c2cccs2)CCOCC1)Nc1cccc(Cl)c1. The Balaban J connectivity index is 1.64. The van der Waals surface area contributed by atoms with Crippen molar-refractivity contribution < 1.29 is 9.53 Å². The number of ether oxygens (including phenoxy) is 1. The van der Waals surface area contributed by atoms with Crippen LogP contribution in [0.2, 0.25) is 5.02 Å². The summed E-state index contributed by atoms with van der Waals surface area (Å²) in [7, 11) is 0. The molecule has 23 heavy (non-hydrogen) atoms. The maximum atomic E-state index is 12.2. The zero-order valence-corrected chi connectivity index (χ0v) is 14.3. The van der Waals surface area contributed by atoms with Crippen molar-refractivity contribution in [3.63, 3.8) is 0 Å². The van der Waals surface area contributed by atoms with Crippen molar-refractivity contribution in [2.75, 3.05) is 25.1 Å². The van der Waals surface area contributed by atoms with E-state index >= 15 is 0 Å². The molecule has 0 unspecified atom stereocenters. The minimum Gasteiger partial charge on any atom is -0.381 e. The average molecular weight is 351 g/mol. The molecule has 1 aromatic carbocycles. The van der Waals surface area contributed by atoms with Gasteiger partial charge in [-0.1, -0.05) is 23.7 Å². The predicted molar refractivity (Wildman–Crippen MR) is 94.5 cm³/mol. The number of hydrogen-bond donors (Lipinski definition) is 2. The summed E-state index contributed by atoms with van der Waals surface area (Å²) in [6, 6.07) is 11.1. The van der Waals surface area contributed by atoms with Crippen molar-refractivity contribution in [3.05, 3.63) is 51.7 Å². The van der Waals surface area contributed by atoms with Gasteiger partial charge in [0, 0.05) is 40.8 Å². The molecule has 2 aromatic rings. The molecule has 0 aliphatic carbocycles. The summed E-state index contributed by atoms with van der Waals surface area (Å²) in [5.41, 5.74) is 0.658. The summed E-state index contributed by atoms with van der Waals surface area (Å²) in [6.07, 6.45) is 1.84. The molecular weight excluding hydrogens is 332 g/mol. The Labute approximate surface area is 144 Å². The molecule has 0 saturated carbocycles. The highest BCUT2D eigenvalue weighted by Crippen LogP contribution is 2.36. The minimum atomic E-state index is -0.213. The first-order valence-corrected chi connectivity index (χ1v) is 8.86. The number of amides is 2. The van der Waals surface area contributed by atoms with E-state index in [-0.39, 0.29) is 11.4 Å². The van der Waals surface area contributed by atoms with Crippen LogP contribution in [-0.4, -0.2) is 25.8 Å². The Morgan fingerprint density at radius 1 is 1.26 bits per heavy atom. The molecule has 3 rings (SSSR count). The number of anilines is 1. The third-order valence-electron chi connectivity index (χ3n) is 4.16. The van der Waals surface area contributed by atoms with Gasteiger partial charge in [-0.2, -0.15) is 0 Å². The average Bonchev–Trinajstić information content (AvgIpc) is 3.09. The van der Waals surface area contributed by atoms with Crippen LogP contribution in [0.4, 0.5) is 10.5 Å². The van der Waals surface area contributed by atoms with Gasteiger partial charge < -0.3 is 15.4 Å². The van der Waals surface area contributed by atoms with Gasteiger partial charge in [0.15, 0.2) is 0 Å². The Hall–Kier alpha value is -1.56. The van der Waals surface area contributed by atoms with Crippen LogP contribution in [0.3, 0.4) is 0 Å². The van der Waals surface area contributed by atoms with Crippen molar-refractivity contribution in [2.24, 2.45) is 0 Å². The van der Waals surface area contributed by atoms with Crippen LogP contribution in [0.15, 0.2) is 41.8 Å². The van der Waals surface area contributed by atoms with Crippen LogP contribution in [0.5, 0.6) is 0 Å². The van der Waals surface area contributed by atoms with Crippen LogP contribution in [0.1, 0.15) is 17.7 Å². The first-order chi connectivity index (χ1) is 11.2. The topological polar surface area (TPSA) is 50.4 Å². The van der Waals surface area contributed by atoms with Crippen molar-refractivity contribution in [3.8, 4) is 0 Å². The molecule has 2 amide bonds.